The van der Waals surface area contributed by atoms with E-state index in [0.29, 0.717) is 5.69 Å². The second-order valence-electron chi connectivity index (χ2n) is 3.55. The summed E-state index contributed by atoms with van der Waals surface area (Å²) in [7, 11) is 0. The number of aromatic nitrogens is 2. The average molecular weight is 261 g/mol. The summed E-state index contributed by atoms with van der Waals surface area (Å²) in [4.78, 5) is 32.0. The van der Waals surface area contributed by atoms with Crippen LogP contribution in [-0.2, 0) is 0 Å². The van der Waals surface area contributed by atoms with Crippen LogP contribution in [0.3, 0.4) is 0 Å². The Hall–Kier alpha value is -3.03. The van der Waals surface area contributed by atoms with E-state index in [-0.39, 0.29) is 5.69 Å². The largest absolute Gasteiger partial charge is 0.476 e. The van der Waals surface area contributed by atoms with Crippen molar-refractivity contribution < 1.29 is 14.8 Å². The SMILES string of the molecule is O=C(O)c1nn(-c2ccc([N+](=O)[O-])cc2)ccc1=O. The molecular formula is C11H7N3O5. The minimum absolute atomic E-state index is 0.0942. The Kier molecular flexibility index (Phi) is 3.06. The topological polar surface area (TPSA) is 115 Å². The minimum atomic E-state index is -1.43. The first kappa shape index (κ1) is 12.4. The van der Waals surface area contributed by atoms with Crippen LogP contribution in [0.4, 0.5) is 5.69 Å². The molecule has 96 valence electrons. The van der Waals surface area contributed by atoms with E-state index in [1.165, 1.54) is 30.5 Å². The van der Waals surface area contributed by atoms with E-state index in [2.05, 4.69) is 5.10 Å². The Labute approximate surface area is 105 Å². The summed E-state index contributed by atoms with van der Waals surface area (Å²) in [5.74, 6) is -1.43. The van der Waals surface area contributed by atoms with Crippen LogP contribution in [0.15, 0.2) is 41.3 Å². The predicted molar refractivity (Wildman–Crippen MR) is 63.4 cm³/mol. The van der Waals surface area contributed by atoms with Gasteiger partial charge in [-0.1, -0.05) is 0 Å². The summed E-state index contributed by atoms with van der Waals surface area (Å²) < 4.78 is 1.16. The number of benzene rings is 1. The Morgan fingerprint density at radius 1 is 1.26 bits per heavy atom. The Morgan fingerprint density at radius 2 is 1.89 bits per heavy atom. The third kappa shape index (κ3) is 2.46. The number of nitro groups is 1. The maximum atomic E-state index is 11.2. The molecule has 0 atom stereocenters. The van der Waals surface area contributed by atoms with Crippen LogP contribution in [0.5, 0.6) is 0 Å². The molecule has 0 amide bonds. The van der Waals surface area contributed by atoms with Gasteiger partial charge < -0.3 is 5.11 Å². The van der Waals surface area contributed by atoms with Gasteiger partial charge in [-0.25, -0.2) is 9.48 Å². The van der Waals surface area contributed by atoms with Gasteiger partial charge in [0.15, 0.2) is 0 Å². The van der Waals surface area contributed by atoms with Crippen molar-refractivity contribution in [3.63, 3.8) is 0 Å². The second-order valence-corrected chi connectivity index (χ2v) is 3.55. The number of carbonyl (C=O) groups is 1. The molecule has 0 aliphatic heterocycles. The first-order chi connectivity index (χ1) is 8.99. The molecule has 8 nitrogen and oxygen atoms in total. The highest BCUT2D eigenvalue weighted by Gasteiger charge is 2.11. The number of hydrogen-bond donors (Lipinski definition) is 1. The van der Waals surface area contributed by atoms with E-state index in [1.807, 2.05) is 0 Å². The lowest BCUT2D eigenvalue weighted by Crippen LogP contribution is -2.20. The number of carboxylic acid groups (broad SMARTS) is 1. The summed E-state index contributed by atoms with van der Waals surface area (Å²) in [5.41, 5.74) is -0.997. The number of aromatic carboxylic acids is 1. The summed E-state index contributed by atoms with van der Waals surface area (Å²) >= 11 is 0. The predicted octanol–water partition coefficient (Wildman–Crippen LogP) is 0.839. The molecule has 0 spiro atoms. The molecule has 19 heavy (non-hydrogen) atoms. The van der Waals surface area contributed by atoms with Crippen molar-refractivity contribution in [2.75, 3.05) is 0 Å². The van der Waals surface area contributed by atoms with Gasteiger partial charge in [0, 0.05) is 24.4 Å². The van der Waals surface area contributed by atoms with Crippen LogP contribution in [0, 0.1) is 10.1 Å². The smallest absolute Gasteiger partial charge is 0.360 e. The number of nitro benzene ring substituents is 1. The Balaban J connectivity index is 2.47. The molecule has 1 aromatic heterocycles. The molecule has 0 aliphatic carbocycles. The van der Waals surface area contributed by atoms with Gasteiger partial charge in [-0.2, -0.15) is 5.10 Å². The fourth-order valence-corrected chi connectivity index (χ4v) is 1.43. The molecular weight excluding hydrogens is 254 g/mol. The zero-order valence-corrected chi connectivity index (χ0v) is 9.39. The van der Waals surface area contributed by atoms with Crippen molar-refractivity contribution in [1.82, 2.24) is 9.78 Å². The highest BCUT2D eigenvalue weighted by atomic mass is 16.6. The van der Waals surface area contributed by atoms with Gasteiger partial charge >= 0.3 is 5.97 Å². The van der Waals surface area contributed by atoms with Crippen LogP contribution < -0.4 is 5.43 Å². The molecule has 0 bridgehead atoms. The van der Waals surface area contributed by atoms with E-state index in [4.69, 9.17) is 5.11 Å². The van der Waals surface area contributed by atoms with Crippen LogP contribution in [-0.4, -0.2) is 25.8 Å². The van der Waals surface area contributed by atoms with Crippen molar-refractivity contribution in [3.8, 4) is 5.69 Å². The lowest BCUT2D eigenvalue weighted by atomic mass is 10.3. The normalized spacial score (nSPS) is 10.1. The first-order valence-electron chi connectivity index (χ1n) is 5.07. The summed E-state index contributed by atoms with van der Waals surface area (Å²) in [6.45, 7) is 0. The molecule has 1 aromatic carbocycles. The fraction of sp³-hybridized carbons (Fsp3) is 0. The third-order valence-corrected chi connectivity index (χ3v) is 2.34. The standard InChI is InChI=1S/C11H7N3O5/c15-9-5-6-13(12-10(9)11(16)17)7-1-3-8(4-2-7)14(18)19/h1-6H,(H,16,17). The maximum Gasteiger partial charge on any atom is 0.360 e. The van der Waals surface area contributed by atoms with Crippen LogP contribution in [0.1, 0.15) is 10.5 Å². The maximum absolute atomic E-state index is 11.2. The molecule has 0 saturated carbocycles. The molecule has 1 N–H and O–H groups in total. The number of carboxylic acids is 1. The number of rotatable bonds is 3. The monoisotopic (exact) mass is 261 g/mol. The second kappa shape index (κ2) is 4.69. The quantitative estimate of drug-likeness (QED) is 0.646. The molecule has 8 heteroatoms. The van der Waals surface area contributed by atoms with Crippen molar-refractivity contribution in [2.45, 2.75) is 0 Å². The molecule has 0 radical (unpaired) electrons. The van der Waals surface area contributed by atoms with Crippen molar-refractivity contribution in [2.24, 2.45) is 0 Å². The van der Waals surface area contributed by atoms with Gasteiger partial charge in [0.1, 0.15) is 0 Å². The van der Waals surface area contributed by atoms with E-state index < -0.39 is 22.0 Å². The van der Waals surface area contributed by atoms with Crippen molar-refractivity contribution in [3.05, 3.63) is 62.6 Å². The summed E-state index contributed by atoms with van der Waals surface area (Å²) in [5, 5.41) is 22.9. The number of hydrogen-bond acceptors (Lipinski definition) is 5. The summed E-state index contributed by atoms with van der Waals surface area (Å²) in [6, 6.07) is 6.39. The summed E-state index contributed by atoms with van der Waals surface area (Å²) in [6.07, 6.45) is 1.29. The van der Waals surface area contributed by atoms with E-state index >= 15 is 0 Å². The first-order valence-corrected chi connectivity index (χ1v) is 5.07. The van der Waals surface area contributed by atoms with Gasteiger partial charge in [-0.05, 0) is 12.1 Å². The van der Waals surface area contributed by atoms with Gasteiger partial charge in [0.05, 0.1) is 10.6 Å². The molecule has 2 aromatic rings. The average Bonchev–Trinajstić information content (AvgIpc) is 2.39. The fourth-order valence-electron chi connectivity index (χ4n) is 1.43. The lowest BCUT2D eigenvalue weighted by molar-refractivity contribution is -0.384. The molecule has 0 unspecified atom stereocenters. The molecule has 0 saturated heterocycles. The minimum Gasteiger partial charge on any atom is -0.476 e. The highest BCUT2D eigenvalue weighted by molar-refractivity contribution is 5.84. The highest BCUT2D eigenvalue weighted by Crippen LogP contribution is 2.13. The van der Waals surface area contributed by atoms with Gasteiger partial charge in [-0.3, -0.25) is 14.9 Å². The lowest BCUT2D eigenvalue weighted by Gasteiger charge is -2.05. The number of non-ortho nitro benzene ring substituents is 1. The van der Waals surface area contributed by atoms with E-state index in [1.54, 1.807) is 0 Å². The molecule has 2 rings (SSSR count). The molecule has 0 aliphatic rings. The van der Waals surface area contributed by atoms with Gasteiger partial charge in [0.2, 0.25) is 11.1 Å². The molecule has 1 heterocycles. The Bertz CT molecular complexity index is 705. The van der Waals surface area contributed by atoms with Crippen LogP contribution in [0.2, 0.25) is 0 Å². The Morgan fingerprint density at radius 3 is 2.42 bits per heavy atom. The third-order valence-electron chi connectivity index (χ3n) is 2.34. The van der Waals surface area contributed by atoms with Crippen LogP contribution >= 0.6 is 0 Å². The van der Waals surface area contributed by atoms with Gasteiger partial charge in [-0.15, -0.1) is 0 Å². The molecule has 0 fully saturated rings. The van der Waals surface area contributed by atoms with Gasteiger partial charge in [0.25, 0.3) is 5.69 Å². The van der Waals surface area contributed by atoms with Crippen molar-refractivity contribution in [1.29, 1.82) is 0 Å². The zero-order valence-electron chi connectivity index (χ0n) is 9.39. The van der Waals surface area contributed by atoms with E-state index in [0.717, 1.165) is 10.7 Å². The van der Waals surface area contributed by atoms with Crippen LogP contribution in [0.25, 0.3) is 5.69 Å². The van der Waals surface area contributed by atoms with E-state index in [9.17, 15) is 19.7 Å². The number of nitrogens with zero attached hydrogens (tertiary/aromatic N) is 3. The van der Waals surface area contributed by atoms with Crippen molar-refractivity contribution >= 4 is 11.7 Å². The zero-order chi connectivity index (χ0) is 14.0.